The molecule has 1 unspecified atom stereocenters. The summed E-state index contributed by atoms with van der Waals surface area (Å²) in [6, 6.07) is 7.89. The first-order valence-electron chi connectivity index (χ1n) is 6.08. The predicted octanol–water partition coefficient (Wildman–Crippen LogP) is 2.41. The molecular formula is C13H17ClF2N2O2. The number of nitrogens with two attached hydrogens (primary N) is 1. The smallest absolute Gasteiger partial charge is 0.410 e. The van der Waals surface area contributed by atoms with Crippen LogP contribution >= 0.6 is 12.4 Å². The Labute approximate surface area is 122 Å². The van der Waals surface area contributed by atoms with E-state index < -0.39 is 24.6 Å². The van der Waals surface area contributed by atoms with Crippen LogP contribution in [0.2, 0.25) is 0 Å². The molecule has 0 saturated carbocycles. The molecule has 1 aromatic rings. The highest BCUT2D eigenvalue weighted by atomic mass is 35.5. The number of hydrogen-bond acceptors (Lipinski definition) is 3. The van der Waals surface area contributed by atoms with Crippen LogP contribution in [0.3, 0.4) is 0 Å². The van der Waals surface area contributed by atoms with E-state index in [9.17, 15) is 13.6 Å². The summed E-state index contributed by atoms with van der Waals surface area (Å²) in [5.41, 5.74) is 6.13. The van der Waals surface area contributed by atoms with E-state index in [0.717, 1.165) is 10.5 Å². The van der Waals surface area contributed by atoms with Crippen molar-refractivity contribution in [1.82, 2.24) is 4.90 Å². The Hall–Kier alpha value is -1.40. The fraction of sp³-hybridized carbons (Fsp3) is 0.462. The molecule has 1 aliphatic rings. The second kappa shape index (κ2) is 6.85. The van der Waals surface area contributed by atoms with Gasteiger partial charge < -0.3 is 15.4 Å². The lowest BCUT2D eigenvalue weighted by molar-refractivity contribution is -0.0761. The van der Waals surface area contributed by atoms with Crippen molar-refractivity contribution in [3.63, 3.8) is 0 Å². The highest BCUT2D eigenvalue weighted by Gasteiger charge is 2.44. The molecule has 0 bridgehead atoms. The van der Waals surface area contributed by atoms with Gasteiger partial charge in [-0.1, -0.05) is 30.3 Å². The van der Waals surface area contributed by atoms with Crippen molar-refractivity contribution in [3.05, 3.63) is 35.9 Å². The number of nitrogens with zero attached hydrogens (tertiary/aromatic N) is 1. The van der Waals surface area contributed by atoms with Crippen LogP contribution in [0, 0.1) is 0 Å². The molecule has 1 saturated heterocycles. The highest BCUT2D eigenvalue weighted by molar-refractivity contribution is 5.85. The van der Waals surface area contributed by atoms with Crippen LogP contribution in [-0.4, -0.2) is 36.0 Å². The van der Waals surface area contributed by atoms with E-state index in [1.54, 1.807) is 12.1 Å². The summed E-state index contributed by atoms with van der Waals surface area (Å²) < 4.78 is 31.8. The van der Waals surface area contributed by atoms with Crippen molar-refractivity contribution < 1.29 is 18.3 Å². The molecule has 1 heterocycles. The second-order valence-corrected chi connectivity index (χ2v) is 4.62. The summed E-state index contributed by atoms with van der Waals surface area (Å²) in [7, 11) is 0. The topological polar surface area (TPSA) is 55.6 Å². The van der Waals surface area contributed by atoms with Gasteiger partial charge in [-0.2, -0.15) is 0 Å². The molecule has 20 heavy (non-hydrogen) atoms. The Balaban J connectivity index is 0.00000200. The minimum Gasteiger partial charge on any atom is -0.445 e. The lowest BCUT2D eigenvalue weighted by Crippen LogP contribution is -2.56. The maximum Gasteiger partial charge on any atom is 0.410 e. The van der Waals surface area contributed by atoms with Crippen LogP contribution < -0.4 is 5.73 Å². The first kappa shape index (κ1) is 16.7. The van der Waals surface area contributed by atoms with Gasteiger partial charge in [-0.15, -0.1) is 12.4 Å². The average Bonchev–Trinajstić information content (AvgIpc) is 2.40. The van der Waals surface area contributed by atoms with E-state index in [-0.39, 0.29) is 32.0 Å². The van der Waals surface area contributed by atoms with Gasteiger partial charge in [-0.05, 0) is 12.0 Å². The van der Waals surface area contributed by atoms with Crippen LogP contribution in [0.25, 0.3) is 0 Å². The lowest BCUT2D eigenvalue weighted by Gasteiger charge is -2.35. The van der Waals surface area contributed by atoms with E-state index in [4.69, 9.17) is 10.5 Å². The van der Waals surface area contributed by atoms with Crippen LogP contribution in [0.4, 0.5) is 13.6 Å². The van der Waals surface area contributed by atoms with Crippen molar-refractivity contribution in [2.75, 3.05) is 13.1 Å². The van der Waals surface area contributed by atoms with Gasteiger partial charge in [0.2, 0.25) is 0 Å². The number of carbonyl (C=O) groups excluding carboxylic acids is 1. The Bertz CT molecular complexity index is 445. The molecule has 4 nitrogen and oxygen atoms in total. The fourth-order valence-electron chi connectivity index (χ4n) is 1.92. The average molecular weight is 307 g/mol. The van der Waals surface area contributed by atoms with E-state index >= 15 is 0 Å². The first-order valence-corrected chi connectivity index (χ1v) is 6.08. The molecule has 2 rings (SSSR count). The molecular weight excluding hydrogens is 290 g/mol. The van der Waals surface area contributed by atoms with Gasteiger partial charge in [0.1, 0.15) is 6.61 Å². The standard InChI is InChI=1S/C13H16F2N2O2.ClH/c14-13(15)9-17(7-6-11(13)16)12(18)19-8-10-4-2-1-3-5-10;/h1-5,11H,6-9,16H2;1H. The fourth-order valence-corrected chi connectivity index (χ4v) is 1.92. The van der Waals surface area contributed by atoms with E-state index in [1.807, 2.05) is 18.2 Å². The first-order chi connectivity index (χ1) is 8.99. The molecule has 0 radical (unpaired) electrons. The molecule has 1 amide bonds. The summed E-state index contributed by atoms with van der Waals surface area (Å²) in [6.45, 7) is -0.403. The van der Waals surface area contributed by atoms with Gasteiger partial charge in [-0.25, -0.2) is 13.6 Å². The van der Waals surface area contributed by atoms with Crippen LogP contribution in [0.1, 0.15) is 12.0 Å². The highest BCUT2D eigenvalue weighted by Crippen LogP contribution is 2.26. The van der Waals surface area contributed by atoms with Gasteiger partial charge in [0, 0.05) is 6.54 Å². The Morgan fingerprint density at radius 3 is 2.65 bits per heavy atom. The van der Waals surface area contributed by atoms with Crippen LogP contribution in [0.15, 0.2) is 30.3 Å². The summed E-state index contributed by atoms with van der Waals surface area (Å²) in [5, 5.41) is 0. The van der Waals surface area contributed by atoms with Gasteiger partial charge in [0.15, 0.2) is 0 Å². The molecule has 1 atom stereocenters. The molecule has 112 valence electrons. The normalized spacial score (nSPS) is 20.9. The quantitative estimate of drug-likeness (QED) is 0.913. The number of likely N-dealkylation sites (tertiary alicyclic amines) is 1. The lowest BCUT2D eigenvalue weighted by atomic mass is 10.0. The van der Waals surface area contributed by atoms with Crippen molar-refractivity contribution in [1.29, 1.82) is 0 Å². The van der Waals surface area contributed by atoms with E-state index in [0.29, 0.717) is 0 Å². The van der Waals surface area contributed by atoms with Crippen molar-refractivity contribution in [2.24, 2.45) is 5.73 Å². The minimum absolute atomic E-state index is 0. The van der Waals surface area contributed by atoms with Crippen molar-refractivity contribution >= 4 is 18.5 Å². The third kappa shape index (κ3) is 4.05. The number of amides is 1. The van der Waals surface area contributed by atoms with Gasteiger partial charge in [0.25, 0.3) is 5.92 Å². The maximum atomic E-state index is 13.4. The zero-order valence-electron chi connectivity index (χ0n) is 10.8. The number of alkyl halides is 2. The monoisotopic (exact) mass is 306 g/mol. The summed E-state index contributed by atoms with van der Waals surface area (Å²) >= 11 is 0. The van der Waals surface area contributed by atoms with Crippen LogP contribution in [0.5, 0.6) is 0 Å². The zero-order valence-corrected chi connectivity index (χ0v) is 11.6. The zero-order chi connectivity index (χ0) is 13.9. The summed E-state index contributed by atoms with van der Waals surface area (Å²) in [5.74, 6) is -3.05. The molecule has 0 aliphatic carbocycles. The molecule has 0 spiro atoms. The Kier molecular flexibility index (Phi) is 5.71. The number of ether oxygens (including phenoxy) is 1. The third-order valence-electron chi connectivity index (χ3n) is 3.12. The molecule has 1 aromatic carbocycles. The molecule has 1 fully saturated rings. The minimum atomic E-state index is -3.05. The van der Waals surface area contributed by atoms with Gasteiger partial charge in [-0.3, -0.25) is 0 Å². The van der Waals surface area contributed by atoms with Crippen molar-refractivity contribution in [3.8, 4) is 0 Å². The Morgan fingerprint density at radius 2 is 2.05 bits per heavy atom. The van der Waals surface area contributed by atoms with Crippen molar-refractivity contribution in [2.45, 2.75) is 25.0 Å². The number of rotatable bonds is 2. The molecule has 1 aliphatic heterocycles. The number of hydrogen-bond donors (Lipinski definition) is 1. The van der Waals surface area contributed by atoms with E-state index in [2.05, 4.69) is 0 Å². The Morgan fingerprint density at radius 1 is 1.40 bits per heavy atom. The van der Waals surface area contributed by atoms with Gasteiger partial charge >= 0.3 is 6.09 Å². The summed E-state index contributed by atoms with van der Waals surface area (Å²) in [6.07, 6.45) is -0.650. The SMILES string of the molecule is Cl.NC1CCN(C(=O)OCc2ccccc2)CC1(F)F. The maximum absolute atomic E-state index is 13.4. The second-order valence-electron chi connectivity index (χ2n) is 4.62. The predicted molar refractivity (Wildman–Crippen MR) is 73.0 cm³/mol. The largest absolute Gasteiger partial charge is 0.445 e. The molecule has 0 aromatic heterocycles. The van der Waals surface area contributed by atoms with E-state index in [1.165, 1.54) is 0 Å². The van der Waals surface area contributed by atoms with Crippen LogP contribution in [-0.2, 0) is 11.3 Å². The molecule has 7 heteroatoms. The number of benzene rings is 1. The molecule has 2 N–H and O–H groups in total. The van der Waals surface area contributed by atoms with Gasteiger partial charge in [0.05, 0.1) is 12.6 Å². The number of piperidine rings is 1. The third-order valence-corrected chi connectivity index (χ3v) is 3.12. The number of halogens is 3. The number of carbonyl (C=O) groups is 1. The summed E-state index contributed by atoms with van der Waals surface area (Å²) in [4.78, 5) is 12.7.